The van der Waals surface area contributed by atoms with Crippen LogP contribution in [0, 0.1) is 19.8 Å². The molecule has 2 unspecified atom stereocenters. The van der Waals surface area contributed by atoms with E-state index in [1.165, 1.54) is 22.0 Å². The largest absolute Gasteiger partial charge is 0.378 e. The summed E-state index contributed by atoms with van der Waals surface area (Å²) in [5.41, 5.74) is 1.17. The first-order valence-corrected chi connectivity index (χ1v) is 6.73. The summed E-state index contributed by atoms with van der Waals surface area (Å²) in [6, 6.07) is 0. The van der Waals surface area contributed by atoms with Crippen LogP contribution in [0.5, 0.6) is 0 Å². The normalized spacial score (nSPS) is 25.2. The third-order valence-electron chi connectivity index (χ3n) is 3.29. The predicted molar refractivity (Wildman–Crippen MR) is 66.8 cm³/mol. The molecule has 1 saturated heterocycles. The third kappa shape index (κ3) is 2.81. The molecule has 1 aromatic rings. The van der Waals surface area contributed by atoms with Gasteiger partial charge in [0.1, 0.15) is 5.01 Å². The maximum Gasteiger partial charge on any atom is 0.107 e. The van der Waals surface area contributed by atoms with Crippen LogP contribution < -0.4 is 5.32 Å². The van der Waals surface area contributed by atoms with E-state index in [0.29, 0.717) is 12.0 Å². The highest BCUT2D eigenvalue weighted by Crippen LogP contribution is 2.20. The van der Waals surface area contributed by atoms with Gasteiger partial charge in [-0.1, -0.05) is 0 Å². The van der Waals surface area contributed by atoms with Crippen molar-refractivity contribution in [1.82, 2.24) is 10.3 Å². The zero-order valence-electron chi connectivity index (χ0n) is 10.2. The minimum Gasteiger partial charge on any atom is -0.378 e. The van der Waals surface area contributed by atoms with Gasteiger partial charge in [0, 0.05) is 24.6 Å². The molecule has 0 bridgehead atoms. The number of nitrogens with one attached hydrogen (secondary N) is 1. The topological polar surface area (TPSA) is 34.2 Å². The average Bonchev–Trinajstić information content (AvgIpc) is 2.76. The average molecular weight is 240 g/mol. The van der Waals surface area contributed by atoms with Gasteiger partial charge in [0.15, 0.2) is 0 Å². The van der Waals surface area contributed by atoms with Crippen molar-refractivity contribution in [1.29, 1.82) is 0 Å². The molecule has 16 heavy (non-hydrogen) atoms. The molecule has 3 nitrogen and oxygen atoms in total. The van der Waals surface area contributed by atoms with Crippen LogP contribution in [0.1, 0.15) is 28.9 Å². The SMILES string of the molecule is Cc1nc(CNCC2CCOC2C)sc1C. The highest BCUT2D eigenvalue weighted by Gasteiger charge is 2.23. The van der Waals surface area contributed by atoms with E-state index in [1.807, 2.05) is 0 Å². The summed E-state index contributed by atoms with van der Waals surface area (Å²) in [4.78, 5) is 5.85. The van der Waals surface area contributed by atoms with Crippen molar-refractivity contribution in [3.63, 3.8) is 0 Å². The molecule has 0 aromatic carbocycles. The minimum absolute atomic E-state index is 0.410. The van der Waals surface area contributed by atoms with Gasteiger partial charge in [-0.15, -0.1) is 11.3 Å². The van der Waals surface area contributed by atoms with Crippen LogP contribution in [0.3, 0.4) is 0 Å². The maximum atomic E-state index is 5.54. The monoisotopic (exact) mass is 240 g/mol. The molecule has 2 heterocycles. The summed E-state index contributed by atoms with van der Waals surface area (Å²) in [7, 11) is 0. The van der Waals surface area contributed by atoms with Gasteiger partial charge >= 0.3 is 0 Å². The molecular formula is C12H20N2OS. The Kier molecular flexibility index (Phi) is 3.95. The van der Waals surface area contributed by atoms with Gasteiger partial charge in [0.2, 0.25) is 0 Å². The highest BCUT2D eigenvalue weighted by molar-refractivity contribution is 7.11. The van der Waals surface area contributed by atoms with Crippen LogP contribution in [0.4, 0.5) is 0 Å². The Morgan fingerprint density at radius 2 is 2.31 bits per heavy atom. The zero-order chi connectivity index (χ0) is 11.5. The molecule has 0 spiro atoms. The lowest BCUT2D eigenvalue weighted by Crippen LogP contribution is -2.26. The maximum absolute atomic E-state index is 5.54. The summed E-state index contributed by atoms with van der Waals surface area (Å²) >= 11 is 1.79. The molecule has 90 valence electrons. The number of thiazole rings is 1. The van der Waals surface area contributed by atoms with Crippen LogP contribution in [-0.4, -0.2) is 24.2 Å². The fourth-order valence-corrected chi connectivity index (χ4v) is 2.93. The third-order valence-corrected chi connectivity index (χ3v) is 4.36. The standard InChI is InChI=1S/C12H20N2OS/c1-8-10(3)16-12(14-8)7-13-6-11-4-5-15-9(11)2/h9,11,13H,4-7H2,1-3H3. The molecule has 1 N–H and O–H groups in total. The van der Waals surface area contributed by atoms with Crippen molar-refractivity contribution in [2.75, 3.05) is 13.2 Å². The molecule has 4 heteroatoms. The minimum atomic E-state index is 0.410. The molecule has 0 amide bonds. The Hall–Kier alpha value is -0.450. The molecule has 1 fully saturated rings. The number of rotatable bonds is 4. The lowest BCUT2D eigenvalue weighted by molar-refractivity contribution is 0.105. The van der Waals surface area contributed by atoms with Crippen LogP contribution in [0.15, 0.2) is 0 Å². The molecule has 2 atom stereocenters. The lowest BCUT2D eigenvalue weighted by atomic mass is 10.0. The van der Waals surface area contributed by atoms with Crippen molar-refractivity contribution in [2.24, 2.45) is 5.92 Å². The van der Waals surface area contributed by atoms with E-state index >= 15 is 0 Å². The molecule has 1 aliphatic rings. The van der Waals surface area contributed by atoms with E-state index in [4.69, 9.17) is 4.74 Å². The highest BCUT2D eigenvalue weighted by atomic mass is 32.1. The fourth-order valence-electron chi connectivity index (χ4n) is 2.02. The van der Waals surface area contributed by atoms with Crippen LogP contribution >= 0.6 is 11.3 Å². The van der Waals surface area contributed by atoms with Crippen molar-refractivity contribution in [3.05, 3.63) is 15.6 Å². The first-order valence-electron chi connectivity index (χ1n) is 5.92. The summed E-state index contributed by atoms with van der Waals surface area (Å²) in [6.07, 6.45) is 1.59. The van der Waals surface area contributed by atoms with Gasteiger partial charge in [-0.2, -0.15) is 0 Å². The van der Waals surface area contributed by atoms with Crippen molar-refractivity contribution >= 4 is 11.3 Å². The van der Waals surface area contributed by atoms with Gasteiger partial charge in [-0.25, -0.2) is 4.98 Å². The van der Waals surface area contributed by atoms with Gasteiger partial charge in [0.25, 0.3) is 0 Å². The summed E-state index contributed by atoms with van der Waals surface area (Å²) < 4.78 is 5.54. The first kappa shape index (κ1) is 12.0. The van der Waals surface area contributed by atoms with E-state index in [0.717, 1.165) is 19.7 Å². The number of nitrogens with zero attached hydrogens (tertiary/aromatic N) is 1. The quantitative estimate of drug-likeness (QED) is 0.876. The fraction of sp³-hybridized carbons (Fsp3) is 0.750. The second-order valence-electron chi connectivity index (χ2n) is 4.50. The Bertz CT molecular complexity index is 331. The molecule has 1 aromatic heterocycles. The summed E-state index contributed by atoms with van der Waals surface area (Å²) in [5, 5.41) is 4.68. The van der Waals surface area contributed by atoms with E-state index in [-0.39, 0.29) is 0 Å². The van der Waals surface area contributed by atoms with Crippen molar-refractivity contribution < 1.29 is 4.74 Å². The predicted octanol–water partition coefficient (Wildman–Crippen LogP) is 2.27. The molecule has 0 saturated carbocycles. The van der Waals surface area contributed by atoms with E-state index < -0.39 is 0 Å². The number of ether oxygens (including phenoxy) is 1. The molecular weight excluding hydrogens is 220 g/mol. The number of aryl methyl sites for hydroxylation is 2. The molecule has 2 rings (SSSR count). The number of hydrogen-bond acceptors (Lipinski definition) is 4. The van der Waals surface area contributed by atoms with Gasteiger partial charge < -0.3 is 10.1 Å². The molecule has 1 aliphatic heterocycles. The lowest BCUT2D eigenvalue weighted by Gasteiger charge is -2.13. The second kappa shape index (κ2) is 5.25. The van der Waals surface area contributed by atoms with Gasteiger partial charge in [0.05, 0.1) is 11.8 Å². The van der Waals surface area contributed by atoms with E-state index in [9.17, 15) is 0 Å². The number of aromatic nitrogens is 1. The second-order valence-corrected chi connectivity index (χ2v) is 5.79. The molecule has 0 aliphatic carbocycles. The molecule has 0 radical (unpaired) electrons. The van der Waals surface area contributed by atoms with E-state index in [2.05, 4.69) is 31.1 Å². The Morgan fingerprint density at radius 1 is 1.50 bits per heavy atom. The van der Waals surface area contributed by atoms with Crippen LogP contribution in [0.25, 0.3) is 0 Å². The smallest absolute Gasteiger partial charge is 0.107 e. The van der Waals surface area contributed by atoms with E-state index in [1.54, 1.807) is 11.3 Å². The Labute approximate surface area is 101 Å². The van der Waals surface area contributed by atoms with Gasteiger partial charge in [-0.3, -0.25) is 0 Å². The summed E-state index contributed by atoms with van der Waals surface area (Å²) in [6.45, 7) is 9.22. The van der Waals surface area contributed by atoms with Crippen LogP contribution in [0.2, 0.25) is 0 Å². The Morgan fingerprint density at radius 3 is 2.88 bits per heavy atom. The van der Waals surface area contributed by atoms with Crippen LogP contribution in [-0.2, 0) is 11.3 Å². The zero-order valence-corrected chi connectivity index (χ0v) is 11.1. The van der Waals surface area contributed by atoms with Gasteiger partial charge in [-0.05, 0) is 33.1 Å². The first-order chi connectivity index (χ1) is 7.66. The number of hydrogen-bond donors (Lipinski definition) is 1. The van der Waals surface area contributed by atoms with Crippen molar-refractivity contribution in [2.45, 2.75) is 39.8 Å². The van der Waals surface area contributed by atoms with Crippen molar-refractivity contribution in [3.8, 4) is 0 Å². The summed E-state index contributed by atoms with van der Waals surface area (Å²) in [5.74, 6) is 0.669. The Balaban J connectivity index is 1.75.